The molecule has 8 heteroatoms. The Balaban J connectivity index is 2.11. The van der Waals surface area contributed by atoms with E-state index >= 15 is 0 Å². The molecule has 3 rings (SSSR count). The predicted octanol–water partition coefficient (Wildman–Crippen LogP) is 3.08. The van der Waals surface area contributed by atoms with Gasteiger partial charge in [0.25, 0.3) is 0 Å². The second-order valence-electron chi connectivity index (χ2n) is 6.40. The molecule has 0 unspecified atom stereocenters. The summed E-state index contributed by atoms with van der Waals surface area (Å²) in [5, 5.41) is 31.1. The molecule has 0 saturated heterocycles. The maximum Gasteiger partial charge on any atom is 0.175 e. The zero-order valence-electron chi connectivity index (χ0n) is 14.6. The number of aromatic hydroxyl groups is 2. The van der Waals surface area contributed by atoms with Gasteiger partial charge in [0.1, 0.15) is 22.9 Å². The number of sulfone groups is 1. The van der Waals surface area contributed by atoms with Crippen molar-refractivity contribution in [1.29, 1.82) is 0 Å². The van der Waals surface area contributed by atoms with Crippen molar-refractivity contribution in [2.75, 3.05) is 6.26 Å². The fourth-order valence-electron chi connectivity index (χ4n) is 2.73. The van der Waals surface area contributed by atoms with E-state index in [1.54, 1.807) is 18.2 Å². The van der Waals surface area contributed by atoms with Gasteiger partial charge in [-0.15, -0.1) is 0 Å². The lowest BCUT2D eigenvalue weighted by Gasteiger charge is -2.12. The van der Waals surface area contributed by atoms with Gasteiger partial charge in [-0.25, -0.2) is 8.42 Å². The monoisotopic (exact) mass is 373 g/mol. The van der Waals surface area contributed by atoms with Crippen LogP contribution in [0, 0.1) is 0 Å². The molecule has 2 aromatic carbocycles. The maximum atomic E-state index is 11.6. The normalized spacial score (nSPS) is 11.8. The summed E-state index contributed by atoms with van der Waals surface area (Å²) in [5.41, 5.74) is 2.65. The third-order valence-electron chi connectivity index (χ3n) is 4.13. The zero-order chi connectivity index (χ0) is 19.1. The van der Waals surface area contributed by atoms with Crippen molar-refractivity contribution in [1.82, 2.24) is 15.4 Å². The average molecular weight is 373 g/mol. The number of nitrogens with zero attached hydrogens (tertiary/aromatic N) is 2. The van der Waals surface area contributed by atoms with Crippen LogP contribution in [-0.2, 0) is 9.84 Å². The summed E-state index contributed by atoms with van der Waals surface area (Å²) >= 11 is 0. The minimum atomic E-state index is -3.29. The second kappa shape index (κ2) is 6.45. The van der Waals surface area contributed by atoms with Crippen molar-refractivity contribution in [3.05, 3.63) is 42.0 Å². The molecule has 0 atom stereocenters. The van der Waals surface area contributed by atoms with E-state index in [-0.39, 0.29) is 22.3 Å². The molecule has 0 saturated carbocycles. The molecule has 0 amide bonds. The van der Waals surface area contributed by atoms with E-state index in [2.05, 4.69) is 15.4 Å². The number of aromatic nitrogens is 3. The standard InChI is InChI=1S/C18H19N3O4S/c1-10(2)13-8-14(16(23)9-15(13)22)18-17(19-21-20-18)11-4-6-12(7-5-11)26(3,24)25/h4-10,22-23H,1-3H3,(H,19,20,21). The molecule has 3 aromatic rings. The Morgan fingerprint density at radius 3 is 2.15 bits per heavy atom. The molecule has 7 nitrogen and oxygen atoms in total. The maximum absolute atomic E-state index is 11.6. The highest BCUT2D eigenvalue weighted by molar-refractivity contribution is 7.90. The smallest absolute Gasteiger partial charge is 0.175 e. The van der Waals surface area contributed by atoms with Gasteiger partial charge in [-0.3, -0.25) is 0 Å². The Bertz CT molecular complexity index is 1050. The van der Waals surface area contributed by atoms with Gasteiger partial charge >= 0.3 is 0 Å². The molecular weight excluding hydrogens is 354 g/mol. The first-order chi connectivity index (χ1) is 12.2. The number of phenols is 2. The molecule has 0 aliphatic rings. The van der Waals surface area contributed by atoms with Gasteiger partial charge in [0.15, 0.2) is 9.84 Å². The summed E-state index contributed by atoms with van der Waals surface area (Å²) in [7, 11) is -3.29. The number of rotatable bonds is 4. The quantitative estimate of drug-likeness (QED) is 0.647. The molecule has 0 fully saturated rings. The Kier molecular flexibility index (Phi) is 4.45. The van der Waals surface area contributed by atoms with Crippen LogP contribution in [0.4, 0.5) is 0 Å². The van der Waals surface area contributed by atoms with Gasteiger partial charge in [-0.1, -0.05) is 26.0 Å². The van der Waals surface area contributed by atoms with Crippen LogP contribution in [0.15, 0.2) is 41.3 Å². The summed E-state index contributed by atoms with van der Waals surface area (Å²) in [4.78, 5) is 0.209. The highest BCUT2D eigenvalue weighted by Gasteiger charge is 2.19. The fraction of sp³-hybridized carbons (Fsp3) is 0.222. The van der Waals surface area contributed by atoms with Gasteiger partial charge in [0, 0.05) is 23.4 Å². The first-order valence-electron chi connectivity index (χ1n) is 7.96. The number of H-pyrrole nitrogens is 1. The SMILES string of the molecule is CC(C)c1cc(-c2n[nH]nc2-c2ccc(S(C)(=O)=O)cc2)c(O)cc1O. The summed E-state index contributed by atoms with van der Waals surface area (Å²) in [6.45, 7) is 3.87. The Morgan fingerprint density at radius 2 is 1.58 bits per heavy atom. The minimum Gasteiger partial charge on any atom is -0.508 e. The van der Waals surface area contributed by atoms with Gasteiger partial charge < -0.3 is 10.2 Å². The van der Waals surface area contributed by atoms with Gasteiger partial charge in [-0.05, 0) is 29.7 Å². The molecule has 26 heavy (non-hydrogen) atoms. The van der Waals surface area contributed by atoms with Crippen LogP contribution in [0.1, 0.15) is 25.3 Å². The second-order valence-corrected chi connectivity index (χ2v) is 8.42. The minimum absolute atomic E-state index is 0.0174. The molecule has 1 aromatic heterocycles. The van der Waals surface area contributed by atoms with E-state index in [1.165, 1.54) is 18.2 Å². The number of phenolic OH excluding ortho intramolecular Hbond substituents is 2. The molecule has 3 N–H and O–H groups in total. The summed E-state index contributed by atoms with van der Waals surface area (Å²) in [6, 6.07) is 9.24. The summed E-state index contributed by atoms with van der Waals surface area (Å²) < 4.78 is 23.2. The van der Waals surface area contributed by atoms with Crippen LogP contribution in [0.2, 0.25) is 0 Å². The fourth-order valence-corrected chi connectivity index (χ4v) is 3.36. The van der Waals surface area contributed by atoms with E-state index in [0.29, 0.717) is 28.1 Å². The van der Waals surface area contributed by atoms with E-state index in [9.17, 15) is 18.6 Å². The topological polar surface area (TPSA) is 116 Å². The number of hydrogen-bond donors (Lipinski definition) is 3. The average Bonchev–Trinajstić information content (AvgIpc) is 3.03. The lowest BCUT2D eigenvalue weighted by Crippen LogP contribution is -1.96. The molecular formula is C18H19N3O4S. The van der Waals surface area contributed by atoms with Crippen molar-refractivity contribution in [3.8, 4) is 34.0 Å². The molecule has 0 spiro atoms. The predicted molar refractivity (Wildman–Crippen MR) is 97.8 cm³/mol. The molecule has 1 heterocycles. The van der Waals surface area contributed by atoms with Crippen molar-refractivity contribution >= 4 is 9.84 Å². The van der Waals surface area contributed by atoms with Crippen LogP contribution >= 0.6 is 0 Å². The van der Waals surface area contributed by atoms with Crippen molar-refractivity contribution in [2.45, 2.75) is 24.7 Å². The number of aromatic amines is 1. The van der Waals surface area contributed by atoms with Gasteiger partial charge in [-0.2, -0.15) is 15.4 Å². The van der Waals surface area contributed by atoms with E-state index in [0.717, 1.165) is 6.26 Å². The highest BCUT2D eigenvalue weighted by Crippen LogP contribution is 2.39. The number of hydrogen-bond acceptors (Lipinski definition) is 6. The summed E-state index contributed by atoms with van der Waals surface area (Å²) in [6.07, 6.45) is 1.14. The first kappa shape index (κ1) is 17.9. The largest absolute Gasteiger partial charge is 0.508 e. The molecule has 0 aliphatic carbocycles. The van der Waals surface area contributed by atoms with E-state index in [1.807, 2.05) is 13.8 Å². The number of nitrogens with one attached hydrogen (secondary N) is 1. The van der Waals surface area contributed by atoms with Crippen LogP contribution in [0.5, 0.6) is 11.5 Å². The third kappa shape index (κ3) is 3.28. The molecule has 136 valence electrons. The highest BCUT2D eigenvalue weighted by atomic mass is 32.2. The van der Waals surface area contributed by atoms with Crippen LogP contribution < -0.4 is 0 Å². The third-order valence-corrected chi connectivity index (χ3v) is 5.25. The van der Waals surface area contributed by atoms with Crippen LogP contribution in [-0.4, -0.2) is 40.3 Å². The van der Waals surface area contributed by atoms with Crippen LogP contribution in [0.3, 0.4) is 0 Å². The lowest BCUT2D eigenvalue weighted by molar-refractivity contribution is 0.445. The zero-order valence-corrected chi connectivity index (χ0v) is 15.4. The summed E-state index contributed by atoms with van der Waals surface area (Å²) in [5.74, 6) is -0.0441. The molecule has 0 aliphatic heterocycles. The molecule has 0 radical (unpaired) electrons. The van der Waals surface area contributed by atoms with Gasteiger partial charge in [0.05, 0.1) is 4.90 Å². The Labute approximate surface area is 151 Å². The van der Waals surface area contributed by atoms with Crippen LogP contribution in [0.25, 0.3) is 22.5 Å². The Morgan fingerprint density at radius 1 is 0.962 bits per heavy atom. The Hall–Kier alpha value is -2.87. The van der Waals surface area contributed by atoms with Crippen molar-refractivity contribution in [2.24, 2.45) is 0 Å². The number of benzene rings is 2. The van der Waals surface area contributed by atoms with Crippen molar-refractivity contribution < 1.29 is 18.6 Å². The molecule has 0 bridgehead atoms. The van der Waals surface area contributed by atoms with E-state index < -0.39 is 9.84 Å². The first-order valence-corrected chi connectivity index (χ1v) is 9.85. The van der Waals surface area contributed by atoms with E-state index in [4.69, 9.17) is 0 Å². The lowest BCUT2D eigenvalue weighted by atomic mass is 9.96. The van der Waals surface area contributed by atoms with Gasteiger partial charge in [0.2, 0.25) is 0 Å². The van der Waals surface area contributed by atoms with Crippen molar-refractivity contribution in [3.63, 3.8) is 0 Å².